The summed E-state index contributed by atoms with van der Waals surface area (Å²) >= 11 is 0. The zero-order valence-electron chi connectivity index (χ0n) is 13.8. The molecule has 0 aliphatic rings. The summed E-state index contributed by atoms with van der Waals surface area (Å²) in [5.41, 5.74) is 2.46. The van der Waals surface area contributed by atoms with Gasteiger partial charge in [-0.2, -0.15) is 0 Å². The molecule has 3 rings (SSSR count). The monoisotopic (exact) mass is 337 g/mol. The number of ether oxygens (including phenoxy) is 1. The molecule has 128 valence electrons. The van der Waals surface area contributed by atoms with Gasteiger partial charge in [0, 0.05) is 17.1 Å². The molecule has 6 nitrogen and oxygen atoms in total. The SMILES string of the molecule is COc1ccccc1NC(=O)CNC(=O)Cc1c[nH]c2ccccc12. The second-order valence-electron chi connectivity index (χ2n) is 5.56. The molecule has 1 aromatic heterocycles. The highest BCUT2D eigenvalue weighted by Gasteiger charge is 2.11. The van der Waals surface area contributed by atoms with Gasteiger partial charge >= 0.3 is 0 Å². The van der Waals surface area contributed by atoms with Crippen molar-refractivity contribution in [1.82, 2.24) is 10.3 Å². The largest absolute Gasteiger partial charge is 0.495 e. The third kappa shape index (κ3) is 3.98. The Labute approximate surface area is 145 Å². The molecule has 0 bridgehead atoms. The van der Waals surface area contributed by atoms with Crippen LogP contribution < -0.4 is 15.4 Å². The van der Waals surface area contributed by atoms with Crippen LogP contribution in [0.1, 0.15) is 5.56 Å². The fourth-order valence-electron chi connectivity index (χ4n) is 2.63. The molecule has 0 unspecified atom stereocenters. The first-order valence-electron chi connectivity index (χ1n) is 7.92. The van der Waals surface area contributed by atoms with E-state index in [0.717, 1.165) is 16.5 Å². The Balaban J connectivity index is 1.54. The zero-order chi connectivity index (χ0) is 17.6. The summed E-state index contributed by atoms with van der Waals surface area (Å²) < 4.78 is 5.18. The van der Waals surface area contributed by atoms with Crippen molar-refractivity contribution in [2.45, 2.75) is 6.42 Å². The number of carbonyl (C=O) groups is 2. The Morgan fingerprint density at radius 3 is 2.64 bits per heavy atom. The number of hydrogen-bond donors (Lipinski definition) is 3. The number of fused-ring (bicyclic) bond motifs is 1. The molecular weight excluding hydrogens is 318 g/mol. The van der Waals surface area contributed by atoms with E-state index in [2.05, 4.69) is 15.6 Å². The lowest BCUT2D eigenvalue weighted by Crippen LogP contribution is -2.33. The molecule has 6 heteroatoms. The van der Waals surface area contributed by atoms with Crippen LogP contribution in [0.5, 0.6) is 5.75 Å². The van der Waals surface area contributed by atoms with Crippen molar-refractivity contribution in [2.75, 3.05) is 19.0 Å². The lowest BCUT2D eigenvalue weighted by Gasteiger charge is -2.10. The van der Waals surface area contributed by atoms with Crippen LogP contribution in [0, 0.1) is 0 Å². The van der Waals surface area contributed by atoms with Gasteiger partial charge in [-0.3, -0.25) is 9.59 Å². The molecule has 3 N–H and O–H groups in total. The van der Waals surface area contributed by atoms with Gasteiger partial charge in [0.15, 0.2) is 0 Å². The summed E-state index contributed by atoms with van der Waals surface area (Å²) in [4.78, 5) is 27.2. The Morgan fingerprint density at radius 1 is 1.04 bits per heavy atom. The van der Waals surface area contributed by atoms with Crippen molar-refractivity contribution in [1.29, 1.82) is 0 Å². The second-order valence-corrected chi connectivity index (χ2v) is 5.56. The third-order valence-corrected chi connectivity index (χ3v) is 3.85. The summed E-state index contributed by atoms with van der Waals surface area (Å²) in [7, 11) is 1.54. The first-order valence-corrected chi connectivity index (χ1v) is 7.92. The number of para-hydroxylation sites is 3. The molecule has 0 saturated carbocycles. The number of hydrogen-bond acceptors (Lipinski definition) is 3. The molecule has 0 aliphatic heterocycles. The minimum Gasteiger partial charge on any atom is -0.495 e. The number of anilines is 1. The number of methoxy groups -OCH3 is 1. The predicted molar refractivity (Wildman–Crippen MR) is 96.6 cm³/mol. The van der Waals surface area contributed by atoms with Crippen LogP contribution in [-0.4, -0.2) is 30.5 Å². The summed E-state index contributed by atoms with van der Waals surface area (Å²) in [5, 5.41) is 6.37. The summed E-state index contributed by atoms with van der Waals surface area (Å²) in [6, 6.07) is 14.9. The minimum atomic E-state index is -0.309. The van der Waals surface area contributed by atoms with Gasteiger partial charge in [-0.25, -0.2) is 0 Å². The Hall–Kier alpha value is -3.28. The van der Waals surface area contributed by atoms with Crippen LogP contribution >= 0.6 is 0 Å². The molecule has 0 atom stereocenters. The smallest absolute Gasteiger partial charge is 0.243 e. The molecule has 1 heterocycles. The van der Waals surface area contributed by atoms with Gasteiger partial charge in [0.25, 0.3) is 0 Å². The van der Waals surface area contributed by atoms with E-state index in [1.54, 1.807) is 18.2 Å². The maximum absolute atomic E-state index is 12.1. The van der Waals surface area contributed by atoms with Crippen molar-refractivity contribution < 1.29 is 14.3 Å². The fraction of sp³-hybridized carbons (Fsp3) is 0.158. The number of aromatic amines is 1. The molecule has 2 amide bonds. The topological polar surface area (TPSA) is 83.2 Å². The molecule has 25 heavy (non-hydrogen) atoms. The molecule has 0 fully saturated rings. The predicted octanol–water partition coefficient (Wildman–Crippen LogP) is 2.47. The maximum atomic E-state index is 12.1. The number of carbonyl (C=O) groups excluding carboxylic acids is 2. The van der Waals surface area contributed by atoms with Crippen molar-refractivity contribution in [3.05, 3.63) is 60.3 Å². The van der Waals surface area contributed by atoms with Gasteiger partial charge in [0.05, 0.1) is 25.8 Å². The second kappa shape index (κ2) is 7.53. The van der Waals surface area contributed by atoms with Crippen molar-refractivity contribution in [3.8, 4) is 5.75 Å². The zero-order valence-corrected chi connectivity index (χ0v) is 13.8. The number of nitrogens with one attached hydrogen (secondary N) is 3. The first-order chi connectivity index (χ1) is 12.2. The summed E-state index contributed by atoms with van der Waals surface area (Å²) in [5.74, 6) is 0.0534. The normalized spacial score (nSPS) is 10.4. The average molecular weight is 337 g/mol. The lowest BCUT2D eigenvalue weighted by molar-refractivity contribution is -0.123. The van der Waals surface area contributed by atoms with E-state index in [9.17, 15) is 9.59 Å². The number of benzene rings is 2. The lowest BCUT2D eigenvalue weighted by atomic mass is 10.1. The van der Waals surface area contributed by atoms with Gasteiger partial charge in [-0.1, -0.05) is 30.3 Å². The number of aromatic nitrogens is 1. The van der Waals surface area contributed by atoms with Crippen molar-refractivity contribution >= 4 is 28.4 Å². The van der Waals surface area contributed by atoms with E-state index in [1.807, 2.05) is 36.5 Å². The van der Waals surface area contributed by atoms with E-state index in [-0.39, 0.29) is 24.8 Å². The molecule has 3 aromatic rings. The van der Waals surface area contributed by atoms with Gasteiger partial charge in [-0.05, 0) is 23.8 Å². The van der Waals surface area contributed by atoms with Crippen molar-refractivity contribution in [2.24, 2.45) is 0 Å². The highest BCUT2D eigenvalue weighted by atomic mass is 16.5. The Bertz CT molecular complexity index is 902. The van der Waals surface area contributed by atoms with Crippen LogP contribution in [0.15, 0.2) is 54.7 Å². The molecule has 0 radical (unpaired) electrons. The van der Waals surface area contributed by atoms with E-state index in [4.69, 9.17) is 4.74 Å². The van der Waals surface area contributed by atoms with Gasteiger partial charge in [0.1, 0.15) is 5.75 Å². The van der Waals surface area contributed by atoms with E-state index in [0.29, 0.717) is 11.4 Å². The van der Waals surface area contributed by atoms with Crippen LogP contribution in [0.4, 0.5) is 5.69 Å². The average Bonchev–Trinajstić information content (AvgIpc) is 3.03. The fourth-order valence-corrected chi connectivity index (χ4v) is 2.63. The standard InChI is InChI=1S/C19H19N3O3/c1-25-17-9-5-4-8-16(17)22-19(24)12-21-18(23)10-13-11-20-15-7-3-2-6-14(13)15/h2-9,11,20H,10,12H2,1H3,(H,21,23)(H,22,24). The molecule has 0 saturated heterocycles. The molecular formula is C19H19N3O3. The van der Waals surface area contributed by atoms with Crippen LogP contribution in [0.2, 0.25) is 0 Å². The van der Waals surface area contributed by atoms with Crippen LogP contribution in [0.3, 0.4) is 0 Å². The van der Waals surface area contributed by atoms with Gasteiger partial charge < -0.3 is 20.4 Å². The minimum absolute atomic E-state index is 0.0980. The number of rotatable bonds is 6. The highest BCUT2D eigenvalue weighted by Crippen LogP contribution is 2.22. The number of amides is 2. The van der Waals surface area contributed by atoms with E-state index in [1.165, 1.54) is 7.11 Å². The summed E-state index contributed by atoms with van der Waals surface area (Å²) in [6.45, 7) is -0.0980. The van der Waals surface area contributed by atoms with Crippen LogP contribution in [0.25, 0.3) is 10.9 Å². The molecule has 2 aromatic carbocycles. The molecule has 0 aliphatic carbocycles. The van der Waals surface area contributed by atoms with Gasteiger partial charge in [-0.15, -0.1) is 0 Å². The Morgan fingerprint density at radius 2 is 1.80 bits per heavy atom. The molecule has 0 spiro atoms. The maximum Gasteiger partial charge on any atom is 0.243 e. The van der Waals surface area contributed by atoms with E-state index < -0.39 is 0 Å². The number of H-pyrrole nitrogens is 1. The third-order valence-electron chi connectivity index (χ3n) is 3.85. The van der Waals surface area contributed by atoms with Gasteiger partial charge in [0.2, 0.25) is 11.8 Å². The first kappa shape index (κ1) is 16.6. The summed E-state index contributed by atoms with van der Waals surface area (Å²) in [6.07, 6.45) is 2.03. The van der Waals surface area contributed by atoms with Crippen LogP contribution in [-0.2, 0) is 16.0 Å². The van der Waals surface area contributed by atoms with E-state index >= 15 is 0 Å². The highest BCUT2D eigenvalue weighted by molar-refractivity contribution is 5.96. The Kier molecular flexibility index (Phi) is 4.99. The van der Waals surface area contributed by atoms with Crippen molar-refractivity contribution in [3.63, 3.8) is 0 Å². The quantitative estimate of drug-likeness (QED) is 0.646.